The summed E-state index contributed by atoms with van der Waals surface area (Å²) in [6.45, 7) is 6.62. The Morgan fingerprint density at radius 2 is 2.26 bits per heavy atom. The van der Waals surface area contributed by atoms with Crippen LogP contribution in [-0.2, 0) is 4.79 Å². The highest BCUT2D eigenvalue weighted by Crippen LogP contribution is 2.25. The van der Waals surface area contributed by atoms with Gasteiger partial charge in [-0.1, -0.05) is 6.92 Å². The predicted molar refractivity (Wildman–Crippen MR) is 74.4 cm³/mol. The van der Waals surface area contributed by atoms with E-state index in [1.165, 1.54) is 0 Å². The van der Waals surface area contributed by atoms with Crippen LogP contribution in [0.25, 0.3) is 0 Å². The Kier molecular flexibility index (Phi) is 4.82. The van der Waals surface area contributed by atoms with Gasteiger partial charge in [0.1, 0.15) is 6.17 Å². The minimum absolute atomic E-state index is 0.0956. The number of nitrogens with zero attached hydrogens (tertiary/aromatic N) is 1. The Balaban J connectivity index is 2.02. The number of hydrogen-bond acceptors (Lipinski definition) is 4. The van der Waals surface area contributed by atoms with Crippen LogP contribution >= 0.6 is 0 Å². The first-order chi connectivity index (χ1) is 9.15. The zero-order chi connectivity index (χ0) is 13.8. The van der Waals surface area contributed by atoms with E-state index in [9.17, 15) is 9.90 Å². The number of carbonyl (C=O) groups excluding carboxylic acids is 1. The van der Waals surface area contributed by atoms with Crippen LogP contribution in [0.3, 0.4) is 0 Å². The average Bonchev–Trinajstić information content (AvgIpc) is 2.39. The van der Waals surface area contributed by atoms with Gasteiger partial charge in [0, 0.05) is 17.8 Å². The van der Waals surface area contributed by atoms with E-state index in [1.807, 2.05) is 6.92 Å². The van der Waals surface area contributed by atoms with Crippen molar-refractivity contribution in [2.75, 3.05) is 19.6 Å². The van der Waals surface area contributed by atoms with Crippen molar-refractivity contribution >= 4 is 5.91 Å². The molecule has 1 unspecified atom stereocenters. The molecule has 5 nitrogen and oxygen atoms in total. The Morgan fingerprint density at radius 1 is 1.47 bits per heavy atom. The number of amides is 1. The minimum Gasteiger partial charge on any atom is -0.389 e. The Bertz CT molecular complexity index is 368. The Morgan fingerprint density at radius 3 is 3.00 bits per heavy atom. The molecular weight excluding hydrogens is 242 g/mol. The first-order valence-electron chi connectivity index (χ1n) is 7.31. The topological polar surface area (TPSA) is 64.6 Å². The van der Waals surface area contributed by atoms with Gasteiger partial charge in [-0.3, -0.25) is 4.79 Å². The molecule has 0 spiro atoms. The van der Waals surface area contributed by atoms with Crippen molar-refractivity contribution in [3.05, 3.63) is 11.3 Å². The van der Waals surface area contributed by atoms with Gasteiger partial charge in [-0.2, -0.15) is 0 Å². The lowest BCUT2D eigenvalue weighted by atomic mass is 9.98. The molecule has 3 N–H and O–H groups in total. The summed E-state index contributed by atoms with van der Waals surface area (Å²) < 4.78 is 0. The monoisotopic (exact) mass is 267 g/mol. The summed E-state index contributed by atoms with van der Waals surface area (Å²) in [5.74, 6) is 0.0956. The van der Waals surface area contributed by atoms with Crippen molar-refractivity contribution in [2.45, 2.75) is 51.8 Å². The van der Waals surface area contributed by atoms with Gasteiger partial charge in [0.25, 0.3) is 5.91 Å². The summed E-state index contributed by atoms with van der Waals surface area (Å²) in [6, 6.07) is 0. The standard InChI is InChI=1S/C14H25N3O2/c1-3-7-15-8-6-11-10(2)16-13-12(18)5-4-9-17(13)14(11)19/h12-13,15-16,18H,3-9H2,1-2H3/t12?,13-/m1/s1. The van der Waals surface area contributed by atoms with E-state index in [0.29, 0.717) is 0 Å². The molecule has 0 saturated carbocycles. The number of aliphatic hydroxyl groups is 1. The highest BCUT2D eigenvalue weighted by molar-refractivity contribution is 5.95. The number of carbonyl (C=O) groups is 1. The molecule has 1 amide bonds. The molecule has 1 fully saturated rings. The second-order valence-electron chi connectivity index (χ2n) is 5.40. The van der Waals surface area contributed by atoms with Crippen LogP contribution in [0.1, 0.15) is 39.5 Å². The summed E-state index contributed by atoms with van der Waals surface area (Å²) in [5.41, 5.74) is 1.78. The molecule has 2 aliphatic heterocycles. The SMILES string of the molecule is CCCNCCC1=C(C)N[C@H]2C(O)CCCN2C1=O. The van der Waals surface area contributed by atoms with E-state index in [0.717, 1.165) is 56.6 Å². The molecule has 0 aromatic heterocycles. The normalized spacial score (nSPS) is 27.3. The summed E-state index contributed by atoms with van der Waals surface area (Å²) >= 11 is 0. The van der Waals surface area contributed by atoms with Crippen molar-refractivity contribution in [3.63, 3.8) is 0 Å². The van der Waals surface area contributed by atoms with Crippen molar-refractivity contribution in [1.29, 1.82) is 0 Å². The molecule has 5 heteroatoms. The van der Waals surface area contributed by atoms with Gasteiger partial charge < -0.3 is 20.6 Å². The molecule has 1 saturated heterocycles. The van der Waals surface area contributed by atoms with Gasteiger partial charge in [-0.25, -0.2) is 0 Å². The largest absolute Gasteiger partial charge is 0.389 e. The molecule has 0 aromatic carbocycles. The highest BCUT2D eigenvalue weighted by Gasteiger charge is 2.38. The first-order valence-corrected chi connectivity index (χ1v) is 7.31. The number of fused-ring (bicyclic) bond motifs is 1. The van der Waals surface area contributed by atoms with Crippen LogP contribution in [0.2, 0.25) is 0 Å². The maximum Gasteiger partial charge on any atom is 0.253 e. The predicted octanol–water partition coefficient (Wildman–Crippen LogP) is 0.563. The third-order valence-corrected chi connectivity index (χ3v) is 3.91. The van der Waals surface area contributed by atoms with E-state index >= 15 is 0 Å². The van der Waals surface area contributed by atoms with E-state index in [4.69, 9.17) is 0 Å². The van der Waals surface area contributed by atoms with Crippen molar-refractivity contribution in [1.82, 2.24) is 15.5 Å². The molecule has 0 bridgehead atoms. The zero-order valence-corrected chi connectivity index (χ0v) is 11.9. The minimum atomic E-state index is -0.451. The van der Waals surface area contributed by atoms with Crippen LogP contribution in [-0.4, -0.2) is 47.8 Å². The van der Waals surface area contributed by atoms with E-state index in [-0.39, 0.29) is 12.1 Å². The number of rotatable bonds is 5. The number of nitrogens with one attached hydrogen (secondary N) is 2. The van der Waals surface area contributed by atoms with E-state index in [1.54, 1.807) is 4.90 Å². The molecule has 2 atom stereocenters. The lowest BCUT2D eigenvalue weighted by Gasteiger charge is -2.44. The van der Waals surface area contributed by atoms with Crippen LogP contribution in [0.15, 0.2) is 11.3 Å². The molecule has 0 aliphatic carbocycles. The third-order valence-electron chi connectivity index (χ3n) is 3.91. The summed E-state index contributed by atoms with van der Waals surface area (Å²) in [7, 11) is 0. The average molecular weight is 267 g/mol. The number of piperidine rings is 1. The van der Waals surface area contributed by atoms with E-state index < -0.39 is 6.10 Å². The van der Waals surface area contributed by atoms with Gasteiger partial charge in [-0.15, -0.1) is 0 Å². The number of hydrogen-bond donors (Lipinski definition) is 3. The van der Waals surface area contributed by atoms with Gasteiger partial charge in [0.15, 0.2) is 0 Å². The van der Waals surface area contributed by atoms with Gasteiger partial charge in [0.05, 0.1) is 6.10 Å². The maximum absolute atomic E-state index is 12.5. The van der Waals surface area contributed by atoms with Gasteiger partial charge in [-0.05, 0) is 45.7 Å². The summed E-state index contributed by atoms with van der Waals surface area (Å²) in [6.07, 6.45) is 2.82. The van der Waals surface area contributed by atoms with Crippen molar-refractivity contribution in [2.24, 2.45) is 0 Å². The highest BCUT2D eigenvalue weighted by atomic mass is 16.3. The van der Waals surface area contributed by atoms with E-state index in [2.05, 4.69) is 17.6 Å². The summed E-state index contributed by atoms with van der Waals surface area (Å²) in [4.78, 5) is 14.3. The molecule has 19 heavy (non-hydrogen) atoms. The smallest absolute Gasteiger partial charge is 0.253 e. The number of aliphatic hydroxyl groups excluding tert-OH is 1. The molecule has 2 heterocycles. The molecule has 108 valence electrons. The Hall–Kier alpha value is -1.07. The lowest BCUT2D eigenvalue weighted by molar-refractivity contribution is -0.137. The first kappa shape index (κ1) is 14.3. The zero-order valence-electron chi connectivity index (χ0n) is 11.9. The van der Waals surface area contributed by atoms with Gasteiger partial charge in [0.2, 0.25) is 0 Å². The fourth-order valence-corrected chi connectivity index (χ4v) is 2.83. The summed E-state index contributed by atoms with van der Waals surface area (Å²) in [5, 5.41) is 16.6. The Labute approximate surface area is 115 Å². The second kappa shape index (κ2) is 6.39. The fraction of sp³-hybridized carbons (Fsp3) is 0.786. The van der Waals surface area contributed by atoms with Crippen LogP contribution in [0, 0.1) is 0 Å². The lowest BCUT2D eigenvalue weighted by Crippen LogP contribution is -2.61. The third kappa shape index (κ3) is 3.09. The molecular formula is C14H25N3O2. The van der Waals surface area contributed by atoms with Crippen molar-refractivity contribution < 1.29 is 9.90 Å². The van der Waals surface area contributed by atoms with Gasteiger partial charge >= 0.3 is 0 Å². The molecule has 2 rings (SSSR count). The maximum atomic E-state index is 12.5. The van der Waals surface area contributed by atoms with Crippen molar-refractivity contribution in [3.8, 4) is 0 Å². The number of allylic oxidation sites excluding steroid dienone is 1. The van der Waals surface area contributed by atoms with Crippen LogP contribution in [0.5, 0.6) is 0 Å². The molecule has 0 aromatic rings. The molecule has 2 aliphatic rings. The quantitative estimate of drug-likeness (QED) is 0.637. The fourth-order valence-electron chi connectivity index (χ4n) is 2.83. The second-order valence-corrected chi connectivity index (χ2v) is 5.40. The van der Waals surface area contributed by atoms with Crippen LogP contribution in [0.4, 0.5) is 0 Å². The molecule has 0 radical (unpaired) electrons. The van der Waals surface area contributed by atoms with Crippen LogP contribution < -0.4 is 10.6 Å².